The fourth-order valence-corrected chi connectivity index (χ4v) is 2.43. The van der Waals surface area contributed by atoms with Gasteiger partial charge in [0.1, 0.15) is 5.75 Å². The monoisotopic (exact) mass is 321 g/mol. The average molecular weight is 321 g/mol. The zero-order chi connectivity index (χ0) is 16.7. The standard InChI is InChI=1S/C17H23NO5/c1-12-6-13(2)8-15(7-12)22-11-17(20)23-10-16(19)18-9-14-4-3-5-21-14/h6-8,14H,3-5,9-11H2,1-2H3,(H,18,19)/t14-/m1/s1. The third-order valence-electron chi connectivity index (χ3n) is 3.47. The van der Waals surface area contributed by atoms with E-state index in [1.807, 2.05) is 32.0 Å². The maximum absolute atomic E-state index is 11.6. The van der Waals surface area contributed by atoms with Crippen molar-refractivity contribution in [3.05, 3.63) is 29.3 Å². The second-order valence-corrected chi connectivity index (χ2v) is 5.71. The largest absolute Gasteiger partial charge is 0.482 e. The van der Waals surface area contributed by atoms with Crippen LogP contribution in [0.25, 0.3) is 0 Å². The van der Waals surface area contributed by atoms with Gasteiger partial charge in [-0.1, -0.05) is 6.07 Å². The van der Waals surface area contributed by atoms with Crippen LogP contribution in [-0.2, 0) is 19.1 Å². The molecule has 1 N–H and O–H groups in total. The van der Waals surface area contributed by atoms with Gasteiger partial charge in [0.05, 0.1) is 6.10 Å². The summed E-state index contributed by atoms with van der Waals surface area (Å²) in [5.41, 5.74) is 2.11. The van der Waals surface area contributed by atoms with Gasteiger partial charge in [-0.15, -0.1) is 0 Å². The summed E-state index contributed by atoms with van der Waals surface area (Å²) in [6, 6.07) is 5.70. The van der Waals surface area contributed by atoms with Crippen LogP contribution in [0.5, 0.6) is 5.75 Å². The van der Waals surface area contributed by atoms with E-state index in [0.29, 0.717) is 12.3 Å². The van der Waals surface area contributed by atoms with Crippen molar-refractivity contribution in [2.75, 3.05) is 26.4 Å². The van der Waals surface area contributed by atoms with Crippen LogP contribution in [0.2, 0.25) is 0 Å². The van der Waals surface area contributed by atoms with Gasteiger partial charge in [0, 0.05) is 13.2 Å². The smallest absolute Gasteiger partial charge is 0.344 e. The second-order valence-electron chi connectivity index (χ2n) is 5.71. The molecule has 126 valence electrons. The maximum atomic E-state index is 11.6. The first-order valence-electron chi connectivity index (χ1n) is 7.78. The Morgan fingerprint density at radius 1 is 1.22 bits per heavy atom. The van der Waals surface area contributed by atoms with Gasteiger partial charge in [-0.25, -0.2) is 4.79 Å². The molecule has 0 radical (unpaired) electrons. The molecule has 6 heteroatoms. The SMILES string of the molecule is Cc1cc(C)cc(OCC(=O)OCC(=O)NC[C@H]2CCCO2)c1. The Balaban J connectivity index is 1.63. The Hall–Kier alpha value is -2.08. The lowest BCUT2D eigenvalue weighted by molar-refractivity contribution is -0.150. The number of amides is 1. The zero-order valence-electron chi connectivity index (χ0n) is 13.6. The molecular formula is C17H23NO5. The number of nitrogens with one attached hydrogen (secondary N) is 1. The van der Waals surface area contributed by atoms with E-state index in [0.717, 1.165) is 30.6 Å². The van der Waals surface area contributed by atoms with Crippen LogP contribution in [0, 0.1) is 13.8 Å². The Morgan fingerprint density at radius 2 is 1.96 bits per heavy atom. The van der Waals surface area contributed by atoms with Gasteiger partial charge >= 0.3 is 5.97 Å². The van der Waals surface area contributed by atoms with Crippen molar-refractivity contribution in [3.63, 3.8) is 0 Å². The lowest BCUT2D eigenvalue weighted by atomic mass is 10.1. The van der Waals surface area contributed by atoms with Gasteiger partial charge in [-0.3, -0.25) is 4.79 Å². The number of ether oxygens (including phenoxy) is 3. The summed E-state index contributed by atoms with van der Waals surface area (Å²) in [5, 5.41) is 2.69. The summed E-state index contributed by atoms with van der Waals surface area (Å²) in [5.74, 6) is -0.293. The number of carbonyl (C=O) groups excluding carboxylic acids is 2. The number of aryl methyl sites for hydroxylation is 2. The summed E-state index contributed by atoms with van der Waals surface area (Å²) >= 11 is 0. The Kier molecular flexibility index (Phi) is 6.40. The van der Waals surface area contributed by atoms with Crippen molar-refractivity contribution in [2.45, 2.75) is 32.8 Å². The van der Waals surface area contributed by atoms with Crippen LogP contribution in [0.4, 0.5) is 0 Å². The summed E-state index contributed by atoms with van der Waals surface area (Å²) in [7, 11) is 0. The van der Waals surface area contributed by atoms with Crippen molar-refractivity contribution in [3.8, 4) is 5.75 Å². The van der Waals surface area contributed by atoms with E-state index >= 15 is 0 Å². The normalized spacial score (nSPS) is 16.9. The molecule has 0 bridgehead atoms. The molecule has 1 aliphatic rings. The predicted octanol–water partition coefficient (Wildman–Crippen LogP) is 1.52. The van der Waals surface area contributed by atoms with Gasteiger partial charge in [0.2, 0.25) is 0 Å². The Bertz CT molecular complexity index is 532. The molecule has 1 heterocycles. The minimum Gasteiger partial charge on any atom is -0.482 e. The molecule has 1 fully saturated rings. The van der Waals surface area contributed by atoms with Crippen LogP contribution < -0.4 is 10.1 Å². The minimum absolute atomic E-state index is 0.0718. The van der Waals surface area contributed by atoms with E-state index in [4.69, 9.17) is 14.2 Å². The fourth-order valence-electron chi connectivity index (χ4n) is 2.43. The number of hydrogen-bond acceptors (Lipinski definition) is 5. The third kappa shape index (κ3) is 6.28. The van der Waals surface area contributed by atoms with Crippen molar-refractivity contribution >= 4 is 11.9 Å². The molecule has 1 amide bonds. The van der Waals surface area contributed by atoms with E-state index in [1.165, 1.54) is 0 Å². The predicted molar refractivity (Wildman–Crippen MR) is 84.4 cm³/mol. The highest BCUT2D eigenvalue weighted by molar-refractivity contribution is 5.80. The number of esters is 1. The van der Waals surface area contributed by atoms with Crippen LogP contribution in [0.15, 0.2) is 18.2 Å². The van der Waals surface area contributed by atoms with E-state index in [2.05, 4.69) is 5.32 Å². The van der Waals surface area contributed by atoms with Crippen LogP contribution in [0.1, 0.15) is 24.0 Å². The lowest BCUT2D eigenvalue weighted by Crippen LogP contribution is -2.35. The molecule has 1 saturated heterocycles. The topological polar surface area (TPSA) is 73.9 Å². The summed E-state index contributed by atoms with van der Waals surface area (Å²) in [6.45, 7) is 4.58. The first-order valence-corrected chi connectivity index (χ1v) is 7.78. The number of carbonyl (C=O) groups is 2. The van der Waals surface area contributed by atoms with E-state index in [1.54, 1.807) is 0 Å². The molecule has 0 aromatic heterocycles. The second kappa shape index (κ2) is 8.53. The number of rotatable bonds is 7. The van der Waals surface area contributed by atoms with Gasteiger partial charge in [-0.05, 0) is 49.9 Å². The van der Waals surface area contributed by atoms with Gasteiger partial charge in [-0.2, -0.15) is 0 Å². The highest BCUT2D eigenvalue weighted by Gasteiger charge is 2.16. The molecule has 6 nitrogen and oxygen atoms in total. The van der Waals surface area contributed by atoms with Crippen molar-refractivity contribution in [2.24, 2.45) is 0 Å². The molecule has 1 aliphatic heterocycles. The van der Waals surface area contributed by atoms with Crippen LogP contribution >= 0.6 is 0 Å². The van der Waals surface area contributed by atoms with E-state index < -0.39 is 5.97 Å². The molecule has 0 saturated carbocycles. The van der Waals surface area contributed by atoms with Crippen LogP contribution in [0.3, 0.4) is 0 Å². The summed E-state index contributed by atoms with van der Waals surface area (Å²) in [6.07, 6.45) is 2.04. The average Bonchev–Trinajstić information content (AvgIpc) is 3.01. The van der Waals surface area contributed by atoms with Crippen molar-refractivity contribution < 1.29 is 23.8 Å². The van der Waals surface area contributed by atoms with Gasteiger partial charge in [0.25, 0.3) is 5.91 Å². The molecular weight excluding hydrogens is 298 g/mol. The third-order valence-corrected chi connectivity index (χ3v) is 3.47. The lowest BCUT2D eigenvalue weighted by Gasteiger charge is -2.11. The zero-order valence-corrected chi connectivity index (χ0v) is 13.6. The van der Waals surface area contributed by atoms with Gasteiger partial charge < -0.3 is 19.5 Å². The first-order chi connectivity index (χ1) is 11.0. The maximum Gasteiger partial charge on any atom is 0.344 e. The first kappa shape index (κ1) is 17.3. The molecule has 1 aromatic rings. The molecule has 0 aliphatic carbocycles. The number of hydrogen-bond donors (Lipinski definition) is 1. The van der Waals surface area contributed by atoms with E-state index in [-0.39, 0.29) is 25.2 Å². The van der Waals surface area contributed by atoms with Gasteiger partial charge in [0.15, 0.2) is 13.2 Å². The molecule has 2 rings (SSSR count). The highest BCUT2D eigenvalue weighted by atomic mass is 16.6. The molecule has 23 heavy (non-hydrogen) atoms. The highest BCUT2D eigenvalue weighted by Crippen LogP contribution is 2.16. The molecule has 1 atom stereocenters. The molecule has 0 unspecified atom stereocenters. The van der Waals surface area contributed by atoms with Crippen molar-refractivity contribution in [1.29, 1.82) is 0 Å². The van der Waals surface area contributed by atoms with E-state index in [9.17, 15) is 9.59 Å². The number of benzene rings is 1. The molecule has 0 spiro atoms. The minimum atomic E-state index is -0.573. The Morgan fingerprint density at radius 3 is 2.61 bits per heavy atom. The molecule has 1 aromatic carbocycles. The van der Waals surface area contributed by atoms with Crippen LogP contribution in [-0.4, -0.2) is 44.3 Å². The summed E-state index contributed by atoms with van der Waals surface area (Å²) in [4.78, 5) is 23.2. The summed E-state index contributed by atoms with van der Waals surface area (Å²) < 4.78 is 15.7. The van der Waals surface area contributed by atoms with Crippen molar-refractivity contribution in [1.82, 2.24) is 5.32 Å². The quantitative estimate of drug-likeness (QED) is 0.771. The Labute approximate surface area is 136 Å². The fraction of sp³-hybridized carbons (Fsp3) is 0.529.